The van der Waals surface area contributed by atoms with Gasteiger partial charge in [-0.3, -0.25) is 9.69 Å². The van der Waals surface area contributed by atoms with Gasteiger partial charge in [-0.1, -0.05) is 18.2 Å². The van der Waals surface area contributed by atoms with Crippen molar-refractivity contribution in [2.75, 3.05) is 34.2 Å². The Balaban J connectivity index is 1.69. The molecule has 1 heterocycles. The molecule has 0 spiro atoms. The maximum atomic E-state index is 13.1. The van der Waals surface area contributed by atoms with Gasteiger partial charge in [-0.2, -0.15) is 0 Å². The molecule has 0 bridgehead atoms. The molecule has 1 aliphatic rings. The highest BCUT2D eigenvalue weighted by Gasteiger charge is 2.34. The molecule has 0 saturated carbocycles. The van der Waals surface area contributed by atoms with Crippen LogP contribution in [0.15, 0.2) is 36.4 Å². The molecule has 0 aliphatic carbocycles. The van der Waals surface area contributed by atoms with E-state index in [9.17, 15) is 9.90 Å². The molecule has 6 nitrogen and oxygen atoms in total. The quantitative estimate of drug-likeness (QED) is 0.658. The topological polar surface area (TPSA) is 69.9 Å². The maximum absolute atomic E-state index is 13.1. The van der Waals surface area contributed by atoms with Gasteiger partial charge in [0.25, 0.3) is 11.7 Å². The van der Waals surface area contributed by atoms with Crippen molar-refractivity contribution in [2.45, 2.75) is 45.3 Å². The van der Waals surface area contributed by atoms with E-state index in [4.69, 9.17) is 5.11 Å². The van der Waals surface area contributed by atoms with Crippen LogP contribution in [0.1, 0.15) is 47.3 Å². The van der Waals surface area contributed by atoms with Gasteiger partial charge < -0.3 is 20.0 Å². The van der Waals surface area contributed by atoms with Crippen LogP contribution in [0.25, 0.3) is 0 Å². The zero-order chi connectivity index (χ0) is 22.8. The monoisotopic (exact) mass is 426 g/mol. The molecule has 0 fully saturated rings. The van der Waals surface area contributed by atoms with Gasteiger partial charge in [-0.05, 0) is 69.6 Å². The fraction of sp³-hybridized carbons (Fsp3) is 0.480. The number of carbonyl (C=O) groups excluding carboxylic acids is 1. The smallest absolute Gasteiger partial charge is 0.296 e. The number of carbonyl (C=O) groups is 1. The summed E-state index contributed by atoms with van der Waals surface area (Å²) >= 11 is 0. The van der Waals surface area contributed by atoms with Gasteiger partial charge in [-0.15, -0.1) is 0 Å². The van der Waals surface area contributed by atoms with Crippen molar-refractivity contribution >= 4 is 5.91 Å². The fourth-order valence-corrected chi connectivity index (χ4v) is 4.05. The highest BCUT2D eigenvalue weighted by molar-refractivity contribution is 5.96. The number of benzene rings is 2. The first kappa shape index (κ1) is 23.1. The van der Waals surface area contributed by atoms with Gasteiger partial charge in [-0.25, -0.2) is 0 Å². The molecule has 0 atom stereocenters. The minimum atomic E-state index is -0.0593. The summed E-state index contributed by atoms with van der Waals surface area (Å²) in [6.07, 6.45) is 1.77. The predicted octanol–water partition coefficient (Wildman–Crippen LogP) is 3.19. The van der Waals surface area contributed by atoms with E-state index in [1.165, 1.54) is 5.56 Å². The van der Waals surface area contributed by atoms with Crippen molar-refractivity contribution in [2.24, 2.45) is 0 Å². The van der Waals surface area contributed by atoms with E-state index in [1.54, 1.807) is 12.1 Å². The third-order valence-corrected chi connectivity index (χ3v) is 6.39. The van der Waals surface area contributed by atoms with E-state index in [2.05, 4.69) is 29.7 Å². The van der Waals surface area contributed by atoms with Gasteiger partial charge in [0.2, 0.25) is 5.75 Å². The Morgan fingerprint density at radius 2 is 1.87 bits per heavy atom. The third kappa shape index (κ3) is 5.38. The lowest BCUT2D eigenvalue weighted by Gasteiger charge is -2.35. The molecule has 2 aromatic carbocycles. The van der Waals surface area contributed by atoms with Crippen LogP contribution in [0.5, 0.6) is 11.5 Å². The second kappa shape index (κ2) is 9.28. The molecule has 2 aromatic rings. The number of rotatable bonds is 8. The molecule has 31 heavy (non-hydrogen) atoms. The van der Waals surface area contributed by atoms with Gasteiger partial charge in [0.15, 0.2) is 0 Å². The molecule has 1 aliphatic heterocycles. The molecular weight excluding hydrogens is 390 g/mol. The second-order valence-electron chi connectivity index (χ2n) is 9.49. The van der Waals surface area contributed by atoms with Crippen LogP contribution < -0.4 is 0 Å². The number of nitrogens with zero attached hydrogens (tertiary/aromatic N) is 3. The number of aromatic hydroxyl groups is 1. The number of phenols is 1. The number of hydrogen-bond acceptors (Lipinski definition) is 4. The average Bonchev–Trinajstić information content (AvgIpc) is 3.18. The molecule has 6 heteroatoms. The minimum absolute atomic E-state index is 0.0192. The van der Waals surface area contributed by atoms with Crippen LogP contribution in [-0.2, 0) is 19.5 Å². The Bertz CT molecular complexity index is 940. The van der Waals surface area contributed by atoms with Gasteiger partial charge in [0.1, 0.15) is 0 Å². The van der Waals surface area contributed by atoms with Crippen LogP contribution in [0.4, 0.5) is 0 Å². The van der Waals surface area contributed by atoms with Gasteiger partial charge in [0.05, 0.1) is 0 Å². The van der Waals surface area contributed by atoms with Crippen LogP contribution in [0.2, 0.25) is 0 Å². The van der Waals surface area contributed by atoms with E-state index in [0.29, 0.717) is 6.54 Å². The molecule has 0 unspecified atom stereocenters. The highest BCUT2D eigenvalue weighted by Crippen LogP contribution is 2.34. The third-order valence-electron chi connectivity index (χ3n) is 6.39. The first-order valence-corrected chi connectivity index (χ1v) is 10.9. The zero-order valence-corrected chi connectivity index (χ0v) is 19.4. The lowest BCUT2D eigenvalue weighted by atomic mass is 9.93. The summed E-state index contributed by atoms with van der Waals surface area (Å²) in [5, 5.41) is 17.4. The lowest BCUT2D eigenvalue weighted by molar-refractivity contribution is 0.0781. The van der Waals surface area contributed by atoms with E-state index in [1.807, 2.05) is 44.2 Å². The number of phenolic OH excluding ortho intramolecular Hbond substituents is 1. The zero-order valence-electron chi connectivity index (χ0n) is 19.4. The lowest BCUT2D eigenvalue weighted by Crippen LogP contribution is -2.40. The van der Waals surface area contributed by atoms with Crippen molar-refractivity contribution < 1.29 is 15.0 Å². The Morgan fingerprint density at radius 1 is 1.13 bits per heavy atom. The van der Waals surface area contributed by atoms with E-state index in [0.717, 1.165) is 49.2 Å². The standard InChI is InChI=1S/C25H35N3O3/c1-25(2,12-11-18-9-10-22(29)23(30)15-18)28-16-19-7-6-8-20(21(19)17-28)24(31)27(5)14-13-26(3)4/h6-10,15,29-30H,11-14,16-17H2,1-5H3/p+1. The fourth-order valence-electron chi connectivity index (χ4n) is 4.05. The van der Waals surface area contributed by atoms with E-state index in [-0.39, 0.29) is 22.9 Å². The number of likely N-dealkylation sites (N-methyl/N-ethyl adjacent to an activating group) is 2. The van der Waals surface area contributed by atoms with E-state index < -0.39 is 0 Å². The number of aryl methyl sites for hydroxylation is 1. The van der Waals surface area contributed by atoms with Crippen molar-refractivity contribution in [3.8, 4) is 11.5 Å². The summed E-state index contributed by atoms with van der Waals surface area (Å²) < 4.78 is 0. The molecule has 0 aromatic heterocycles. The van der Waals surface area contributed by atoms with Crippen molar-refractivity contribution in [1.82, 2.24) is 14.7 Å². The summed E-state index contributed by atoms with van der Waals surface area (Å²) in [5.74, 6) is 0.279. The first-order valence-electron chi connectivity index (χ1n) is 10.9. The Kier molecular flexibility index (Phi) is 6.92. The van der Waals surface area contributed by atoms with Crippen LogP contribution in [-0.4, -0.2) is 70.6 Å². The molecule has 0 saturated heterocycles. The highest BCUT2D eigenvalue weighted by atomic mass is 16.3. The molecule has 0 radical (unpaired) electrons. The van der Waals surface area contributed by atoms with E-state index >= 15 is 0 Å². The normalized spacial score (nSPS) is 14.1. The first-order chi connectivity index (χ1) is 14.6. The second-order valence-corrected chi connectivity index (χ2v) is 9.49. The molecule has 3 N–H and O–H groups in total. The van der Waals surface area contributed by atoms with Crippen LogP contribution in [0.3, 0.4) is 0 Å². The number of hydrogen-bond donors (Lipinski definition) is 1. The molecule has 1 amide bonds. The van der Waals surface area contributed by atoms with Gasteiger partial charge in [0, 0.05) is 50.4 Å². The van der Waals surface area contributed by atoms with Crippen molar-refractivity contribution in [3.63, 3.8) is 0 Å². The summed E-state index contributed by atoms with van der Waals surface area (Å²) in [4.78, 5) is 19.4. The Hall–Kier alpha value is -2.57. The Morgan fingerprint density at radius 3 is 2.55 bits per heavy atom. The maximum Gasteiger partial charge on any atom is 0.296 e. The summed E-state index contributed by atoms with van der Waals surface area (Å²) in [7, 11) is 5.91. The summed E-state index contributed by atoms with van der Waals surface area (Å²) in [6.45, 7) is 7.63. The minimum Gasteiger partial charge on any atom is -0.591 e. The summed E-state index contributed by atoms with van der Waals surface area (Å²) in [6, 6.07) is 11.3. The Labute approximate surface area is 185 Å². The van der Waals surface area contributed by atoms with Gasteiger partial charge >= 0.3 is 0 Å². The SMILES string of the molecule is CN(C)CCN(C)C(=O)c1cccc2c1CN(C(C)(C)CCc1ccc(O)c([OH2+])c1)C2. The number of fused-ring (bicyclic) bond motifs is 1. The molecule has 168 valence electrons. The van der Waals surface area contributed by atoms with Crippen molar-refractivity contribution in [3.05, 3.63) is 58.7 Å². The number of amides is 1. The largest absolute Gasteiger partial charge is 0.591 e. The molecular formula is C25H36N3O3+. The molecule has 3 rings (SSSR count). The van der Waals surface area contributed by atoms with Crippen molar-refractivity contribution in [1.29, 1.82) is 0 Å². The average molecular weight is 427 g/mol. The van der Waals surface area contributed by atoms with Crippen LogP contribution >= 0.6 is 0 Å². The summed E-state index contributed by atoms with van der Waals surface area (Å²) in [5.41, 5.74) is 4.20. The predicted molar refractivity (Wildman–Crippen MR) is 125 cm³/mol. The van der Waals surface area contributed by atoms with Crippen LogP contribution in [0, 0.1) is 0 Å².